The molecule has 0 unspecified atom stereocenters. The number of aliphatic hydroxyl groups is 1. The third kappa shape index (κ3) is 5.93. The molecule has 2 atom stereocenters. The zero-order valence-corrected chi connectivity index (χ0v) is 16.0. The molecule has 140 valence electrons. The van der Waals surface area contributed by atoms with Gasteiger partial charge in [-0.15, -0.1) is 11.3 Å². The summed E-state index contributed by atoms with van der Waals surface area (Å²) in [6.07, 6.45) is -1.08. The summed E-state index contributed by atoms with van der Waals surface area (Å²) >= 11 is 1.24. The van der Waals surface area contributed by atoms with Crippen LogP contribution in [0.5, 0.6) is 0 Å². The lowest BCUT2D eigenvalue weighted by Gasteiger charge is -2.24. The van der Waals surface area contributed by atoms with Crippen LogP contribution in [0.1, 0.15) is 54.4 Å². The van der Waals surface area contributed by atoms with E-state index in [1.165, 1.54) is 18.3 Å². The Balaban J connectivity index is 1.90. The van der Waals surface area contributed by atoms with Crippen LogP contribution in [0.25, 0.3) is 0 Å². The maximum atomic E-state index is 12.1. The van der Waals surface area contributed by atoms with Gasteiger partial charge in [-0.2, -0.15) is 0 Å². The second-order valence-corrected chi connectivity index (χ2v) is 7.32. The molecule has 2 rings (SSSR count). The van der Waals surface area contributed by atoms with Crippen molar-refractivity contribution in [2.45, 2.75) is 45.9 Å². The van der Waals surface area contributed by atoms with E-state index in [2.05, 4.69) is 10.3 Å². The van der Waals surface area contributed by atoms with Crippen molar-refractivity contribution in [1.82, 2.24) is 10.3 Å². The van der Waals surface area contributed by atoms with Crippen molar-refractivity contribution >= 4 is 23.2 Å². The fourth-order valence-corrected chi connectivity index (χ4v) is 3.21. The molecule has 1 aromatic carbocycles. The number of ketones is 1. The molecule has 6 nitrogen and oxygen atoms in total. The van der Waals surface area contributed by atoms with Gasteiger partial charge >= 0.3 is 6.09 Å². The van der Waals surface area contributed by atoms with Gasteiger partial charge in [-0.1, -0.05) is 44.2 Å². The number of thiazole rings is 1. The molecule has 0 bridgehead atoms. The van der Waals surface area contributed by atoms with Crippen molar-refractivity contribution in [2.75, 3.05) is 0 Å². The molecule has 0 aliphatic rings. The maximum Gasteiger partial charge on any atom is 0.407 e. The Morgan fingerprint density at radius 2 is 1.96 bits per heavy atom. The molecule has 0 radical (unpaired) electrons. The number of rotatable bonds is 8. The average molecular weight is 376 g/mol. The summed E-state index contributed by atoms with van der Waals surface area (Å²) in [5.41, 5.74) is 1.25. The van der Waals surface area contributed by atoms with Gasteiger partial charge < -0.3 is 15.2 Å². The number of ether oxygens (including phenoxy) is 1. The number of benzene rings is 1. The topological polar surface area (TPSA) is 88.5 Å². The molecule has 2 aromatic rings. The first-order valence-electron chi connectivity index (χ1n) is 8.48. The van der Waals surface area contributed by atoms with Crippen LogP contribution in [0, 0.1) is 5.92 Å². The number of carbonyl (C=O) groups excluding carboxylic acids is 2. The zero-order valence-electron chi connectivity index (χ0n) is 15.1. The maximum absolute atomic E-state index is 12.1. The highest BCUT2D eigenvalue weighted by molar-refractivity contribution is 7.09. The van der Waals surface area contributed by atoms with Gasteiger partial charge in [0.15, 0.2) is 5.78 Å². The number of alkyl carbamates (subject to hydrolysis) is 1. The standard InChI is InChI=1S/C19H24N2O4S/c1-12(2)15(9-17(23)18-20-16(11-26-18)13(3)22)21-19(24)25-10-14-7-5-4-6-8-14/h4-8,11-12,15,17,23H,9-10H2,1-3H3,(H,21,24)/t15-,17-/m1/s1. The van der Waals surface area contributed by atoms with Gasteiger partial charge in [-0.05, 0) is 11.5 Å². The summed E-state index contributed by atoms with van der Waals surface area (Å²) in [7, 11) is 0. The van der Waals surface area contributed by atoms with Gasteiger partial charge in [-0.25, -0.2) is 9.78 Å². The number of nitrogens with one attached hydrogen (secondary N) is 1. The van der Waals surface area contributed by atoms with E-state index >= 15 is 0 Å². The van der Waals surface area contributed by atoms with Crippen molar-refractivity contribution in [3.8, 4) is 0 Å². The summed E-state index contributed by atoms with van der Waals surface area (Å²) in [4.78, 5) is 27.6. The molecule has 1 aromatic heterocycles. The molecule has 2 N–H and O–H groups in total. The number of Topliss-reactive ketones (excluding diaryl/α,β-unsaturated/α-hetero) is 1. The van der Waals surface area contributed by atoms with Crippen LogP contribution < -0.4 is 5.32 Å². The second kappa shape index (κ2) is 9.45. The second-order valence-electron chi connectivity index (χ2n) is 6.44. The highest BCUT2D eigenvalue weighted by Gasteiger charge is 2.23. The van der Waals surface area contributed by atoms with Gasteiger partial charge in [0.05, 0.1) is 0 Å². The predicted octanol–water partition coefficient (Wildman–Crippen LogP) is 3.72. The molecule has 0 aliphatic heterocycles. The number of aromatic nitrogens is 1. The normalized spacial score (nSPS) is 13.3. The minimum atomic E-state index is -0.852. The Morgan fingerprint density at radius 1 is 1.27 bits per heavy atom. The average Bonchev–Trinajstić information content (AvgIpc) is 3.10. The lowest BCUT2D eigenvalue weighted by molar-refractivity contribution is 0.101. The number of amides is 1. The van der Waals surface area contributed by atoms with Crippen molar-refractivity contribution < 1.29 is 19.4 Å². The lowest BCUT2D eigenvalue weighted by atomic mass is 9.98. The quantitative estimate of drug-likeness (QED) is 0.686. The highest BCUT2D eigenvalue weighted by Crippen LogP contribution is 2.24. The van der Waals surface area contributed by atoms with E-state index in [-0.39, 0.29) is 24.3 Å². The number of aliphatic hydroxyl groups excluding tert-OH is 1. The van der Waals surface area contributed by atoms with Crippen LogP contribution in [-0.4, -0.2) is 28.0 Å². The largest absolute Gasteiger partial charge is 0.445 e. The molecule has 7 heteroatoms. The molecule has 1 amide bonds. The van der Waals surface area contributed by atoms with Crippen LogP contribution in [-0.2, 0) is 11.3 Å². The molecular weight excluding hydrogens is 352 g/mol. The van der Waals surface area contributed by atoms with E-state index in [0.29, 0.717) is 17.1 Å². The molecule has 0 fully saturated rings. The monoisotopic (exact) mass is 376 g/mol. The first-order chi connectivity index (χ1) is 12.4. The van der Waals surface area contributed by atoms with Crippen molar-refractivity contribution in [1.29, 1.82) is 0 Å². The van der Waals surface area contributed by atoms with E-state index in [4.69, 9.17) is 4.74 Å². The number of nitrogens with zero attached hydrogens (tertiary/aromatic N) is 1. The Labute approximate surface area is 157 Å². The Bertz CT molecular complexity index is 730. The predicted molar refractivity (Wildman–Crippen MR) is 100 cm³/mol. The summed E-state index contributed by atoms with van der Waals surface area (Å²) in [5.74, 6) is -0.0381. The lowest BCUT2D eigenvalue weighted by Crippen LogP contribution is -2.39. The van der Waals surface area contributed by atoms with E-state index < -0.39 is 12.2 Å². The highest BCUT2D eigenvalue weighted by atomic mass is 32.1. The van der Waals surface area contributed by atoms with Crippen molar-refractivity contribution in [3.63, 3.8) is 0 Å². The Kier molecular flexibility index (Phi) is 7.29. The smallest absolute Gasteiger partial charge is 0.407 e. The van der Waals surface area contributed by atoms with Gasteiger partial charge in [0.2, 0.25) is 0 Å². The van der Waals surface area contributed by atoms with Crippen LogP contribution in [0.15, 0.2) is 35.7 Å². The Morgan fingerprint density at radius 3 is 2.54 bits per heavy atom. The van der Waals surface area contributed by atoms with Gasteiger partial charge in [-0.3, -0.25) is 4.79 Å². The fraction of sp³-hybridized carbons (Fsp3) is 0.421. The third-order valence-electron chi connectivity index (χ3n) is 3.97. The van der Waals surface area contributed by atoms with Crippen LogP contribution in [0.4, 0.5) is 4.79 Å². The SMILES string of the molecule is CC(=O)c1csc([C@H](O)C[C@@H](NC(=O)OCc2ccccc2)C(C)C)n1. The summed E-state index contributed by atoms with van der Waals surface area (Å²) < 4.78 is 5.24. The van der Waals surface area contributed by atoms with Gasteiger partial charge in [0.1, 0.15) is 23.4 Å². The van der Waals surface area contributed by atoms with E-state index in [1.807, 2.05) is 44.2 Å². The molecule has 1 heterocycles. The molecule has 26 heavy (non-hydrogen) atoms. The van der Waals surface area contributed by atoms with Gasteiger partial charge in [0.25, 0.3) is 0 Å². The molecule has 0 aliphatic carbocycles. The van der Waals surface area contributed by atoms with Gasteiger partial charge in [0, 0.05) is 24.8 Å². The van der Waals surface area contributed by atoms with Crippen LogP contribution >= 0.6 is 11.3 Å². The first-order valence-corrected chi connectivity index (χ1v) is 9.36. The minimum absolute atomic E-state index is 0.0983. The third-order valence-corrected chi connectivity index (χ3v) is 4.91. The van der Waals surface area contributed by atoms with E-state index in [0.717, 1.165) is 5.56 Å². The van der Waals surface area contributed by atoms with E-state index in [1.54, 1.807) is 5.38 Å². The summed E-state index contributed by atoms with van der Waals surface area (Å²) in [6.45, 7) is 5.54. The van der Waals surface area contributed by atoms with Crippen molar-refractivity contribution in [2.24, 2.45) is 5.92 Å². The summed E-state index contributed by atoms with van der Waals surface area (Å²) in [5, 5.41) is 15.3. The minimum Gasteiger partial charge on any atom is -0.445 e. The molecule has 0 saturated heterocycles. The molecule has 0 saturated carbocycles. The number of carbonyl (C=O) groups is 2. The fourth-order valence-electron chi connectivity index (χ4n) is 2.36. The number of hydrogen-bond donors (Lipinski definition) is 2. The van der Waals surface area contributed by atoms with Crippen LogP contribution in [0.2, 0.25) is 0 Å². The number of hydrogen-bond acceptors (Lipinski definition) is 6. The zero-order chi connectivity index (χ0) is 19.1. The summed E-state index contributed by atoms with van der Waals surface area (Å²) in [6, 6.07) is 9.15. The van der Waals surface area contributed by atoms with Crippen molar-refractivity contribution in [3.05, 3.63) is 52.0 Å². The molecule has 0 spiro atoms. The molecular formula is C19H24N2O4S. The Hall–Kier alpha value is -2.25. The van der Waals surface area contributed by atoms with Crippen LogP contribution in [0.3, 0.4) is 0 Å². The van der Waals surface area contributed by atoms with E-state index in [9.17, 15) is 14.7 Å². The first kappa shape index (κ1) is 20.1.